The summed E-state index contributed by atoms with van der Waals surface area (Å²) >= 11 is 0. The zero-order valence-electron chi connectivity index (χ0n) is 32.2. The number of benzene rings is 6. The lowest BCUT2D eigenvalue weighted by Gasteiger charge is -2.48. The first kappa shape index (κ1) is 37.0. The molecular weight excluding hydrogens is 653 g/mol. The summed E-state index contributed by atoms with van der Waals surface area (Å²) < 4.78 is 0. The van der Waals surface area contributed by atoms with Gasteiger partial charge in [-0.15, -0.1) is 0 Å². The Kier molecular flexibility index (Phi) is 11.4. The van der Waals surface area contributed by atoms with Gasteiger partial charge in [0, 0.05) is 64.9 Å². The number of aliphatic hydroxyl groups is 2. The van der Waals surface area contributed by atoms with Gasteiger partial charge in [0.05, 0.1) is 23.6 Å². The smallest absolute Gasteiger partial charge is 0.123 e. The molecule has 1 aliphatic carbocycles. The predicted molar refractivity (Wildman–Crippen MR) is 226 cm³/mol. The predicted octanol–water partition coefficient (Wildman–Crippen LogP) is 11.4. The molecule has 1 fully saturated rings. The number of rotatable bonds is 16. The van der Waals surface area contributed by atoms with Crippen molar-refractivity contribution in [2.24, 2.45) is 0 Å². The highest BCUT2D eigenvalue weighted by atomic mass is 16.3. The van der Waals surface area contributed by atoms with Crippen LogP contribution in [0.25, 0.3) is 43.1 Å². The summed E-state index contributed by atoms with van der Waals surface area (Å²) in [5.74, 6) is -0.872. The summed E-state index contributed by atoms with van der Waals surface area (Å²) in [6, 6.07) is 31.4. The number of hydrogen-bond donors (Lipinski definition) is 3. The Balaban J connectivity index is 1.41. The normalized spacial score (nSPS) is 18.6. The highest BCUT2D eigenvalue weighted by molar-refractivity contribution is 6.17. The summed E-state index contributed by atoms with van der Waals surface area (Å²) in [5.41, 5.74) is 4.26. The van der Waals surface area contributed by atoms with Gasteiger partial charge in [0.25, 0.3) is 0 Å². The molecule has 2 unspecified atom stereocenters. The van der Waals surface area contributed by atoms with E-state index in [1.807, 2.05) is 12.1 Å². The molecule has 0 aliphatic heterocycles. The minimum absolute atomic E-state index is 0.192. The van der Waals surface area contributed by atoms with E-state index in [1.165, 1.54) is 16.5 Å². The van der Waals surface area contributed by atoms with E-state index < -0.39 is 24.0 Å². The molecule has 0 heterocycles. The highest BCUT2D eigenvalue weighted by Crippen LogP contribution is 2.57. The molecule has 1 saturated carbocycles. The second-order valence-corrected chi connectivity index (χ2v) is 15.3. The lowest BCUT2D eigenvalue weighted by molar-refractivity contribution is -0.0766. The fourth-order valence-corrected chi connectivity index (χ4v) is 9.21. The molecule has 0 saturated heterocycles. The van der Waals surface area contributed by atoms with Crippen molar-refractivity contribution in [2.75, 3.05) is 36.0 Å². The lowest BCUT2D eigenvalue weighted by Crippen LogP contribution is -2.52. The summed E-state index contributed by atoms with van der Waals surface area (Å²) in [6.07, 6.45) is 7.17. The summed E-state index contributed by atoms with van der Waals surface area (Å²) in [4.78, 5) is 5.08. The van der Waals surface area contributed by atoms with Gasteiger partial charge in [-0.3, -0.25) is 0 Å². The topological polar surface area (TPSA) is 67.2 Å². The van der Waals surface area contributed by atoms with E-state index in [0.717, 1.165) is 127 Å². The Labute approximate surface area is 315 Å². The molecule has 2 atom stereocenters. The number of phenolic OH excluding ortho intramolecular Hbond substituents is 1. The molecule has 278 valence electrons. The summed E-state index contributed by atoms with van der Waals surface area (Å²) in [7, 11) is 0. The average molecular weight is 711 g/mol. The van der Waals surface area contributed by atoms with Gasteiger partial charge in [-0.05, 0) is 59.0 Å². The SMILES string of the molecule is CCCCN(CCCC)c1c2ccccc2c(C2C(O)C(c3c4ccccc4c(N(CCCC)CCCC)c4cccc(O)c34)C2O)c2ccccc12. The number of aliphatic hydroxyl groups excluding tert-OH is 2. The number of nitrogens with zero attached hydrogens (tertiary/aromatic N) is 2. The van der Waals surface area contributed by atoms with Crippen molar-refractivity contribution in [3.05, 3.63) is 102 Å². The maximum atomic E-state index is 12.5. The molecule has 3 N–H and O–H groups in total. The molecule has 0 spiro atoms. The van der Waals surface area contributed by atoms with Crippen LogP contribution < -0.4 is 9.80 Å². The van der Waals surface area contributed by atoms with Crippen LogP contribution in [0.3, 0.4) is 0 Å². The fourth-order valence-electron chi connectivity index (χ4n) is 9.21. The van der Waals surface area contributed by atoms with E-state index in [0.29, 0.717) is 0 Å². The van der Waals surface area contributed by atoms with Gasteiger partial charge in [0.15, 0.2) is 0 Å². The molecule has 5 nitrogen and oxygen atoms in total. The summed E-state index contributed by atoms with van der Waals surface area (Å²) in [5, 5.41) is 45.1. The van der Waals surface area contributed by atoms with Gasteiger partial charge in [-0.1, -0.05) is 138 Å². The van der Waals surface area contributed by atoms with E-state index in [4.69, 9.17) is 0 Å². The Morgan fingerprint density at radius 2 is 0.774 bits per heavy atom. The molecule has 0 amide bonds. The van der Waals surface area contributed by atoms with Gasteiger partial charge in [0.2, 0.25) is 0 Å². The quantitative estimate of drug-likeness (QED) is 0.0873. The van der Waals surface area contributed by atoms with Crippen molar-refractivity contribution in [3.63, 3.8) is 0 Å². The van der Waals surface area contributed by atoms with Gasteiger partial charge < -0.3 is 25.1 Å². The Morgan fingerprint density at radius 1 is 0.434 bits per heavy atom. The minimum atomic E-state index is -0.854. The molecule has 0 aromatic heterocycles. The lowest BCUT2D eigenvalue weighted by atomic mass is 9.60. The third kappa shape index (κ3) is 6.61. The first-order valence-corrected chi connectivity index (χ1v) is 20.4. The van der Waals surface area contributed by atoms with E-state index >= 15 is 0 Å². The number of fused-ring (bicyclic) bond motifs is 4. The van der Waals surface area contributed by atoms with E-state index in [1.54, 1.807) is 6.07 Å². The third-order valence-corrected chi connectivity index (χ3v) is 11.9. The highest BCUT2D eigenvalue weighted by Gasteiger charge is 2.53. The van der Waals surface area contributed by atoms with Crippen molar-refractivity contribution in [2.45, 2.75) is 103 Å². The molecule has 6 aromatic carbocycles. The third-order valence-electron chi connectivity index (χ3n) is 11.9. The van der Waals surface area contributed by atoms with Gasteiger partial charge in [0.1, 0.15) is 5.75 Å². The second-order valence-electron chi connectivity index (χ2n) is 15.3. The van der Waals surface area contributed by atoms with Crippen LogP contribution in [0.1, 0.15) is 102 Å². The van der Waals surface area contributed by atoms with Crippen molar-refractivity contribution < 1.29 is 15.3 Å². The first-order valence-electron chi connectivity index (χ1n) is 20.4. The zero-order chi connectivity index (χ0) is 37.1. The molecule has 53 heavy (non-hydrogen) atoms. The van der Waals surface area contributed by atoms with Crippen LogP contribution >= 0.6 is 0 Å². The van der Waals surface area contributed by atoms with Crippen LogP contribution in [0.15, 0.2) is 91.0 Å². The van der Waals surface area contributed by atoms with E-state index in [2.05, 4.69) is 110 Å². The van der Waals surface area contributed by atoms with Crippen LogP contribution in [0.2, 0.25) is 0 Å². The number of anilines is 2. The standard InChI is InChI=1S/C48H58N2O3/c1-5-9-28-49(29-10-6-2)45-35-23-16-13-20-32(35)40(33-21-14-17-24-36(33)45)43-47(52)44(48(43)53)42-34-22-15-18-25-37(34)46(38-26-19-27-39(51)41(38)42)50(30-11-7-3)31-12-8-4/h13-27,43-44,47-48,51-53H,5-12,28-31H2,1-4H3. The van der Waals surface area contributed by atoms with Crippen LogP contribution in [0.4, 0.5) is 11.4 Å². The number of hydrogen-bond acceptors (Lipinski definition) is 5. The maximum Gasteiger partial charge on any atom is 0.123 e. The van der Waals surface area contributed by atoms with E-state index in [-0.39, 0.29) is 5.75 Å². The maximum absolute atomic E-state index is 12.5. The zero-order valence-corrected chi connectivity index (χ0v) is 32.2. The molecule has 0 radical (unpaired) electrons. The largest absolute Gasteiger partial charge is 0.507 e. The Morgan fingerprint density at radius 3 is 1.19 bits per heavy atom. The second kappa shape index (κ2) is 16.4. The van der Waals surface area contributed by atoms with Crippen molar-refractivity contribution in [1.82, 2.24) is 0 Å². The van der Waals surface area contributed by atoms with Gasteiger partial charge in [-0.25, -0.2) is 0 Å². The van der Waals surface area contributed by atoms with Gasteiger partial charge in [-0.2, -0.15) is 0 Å². The minimum Gasteiger partial charge on any atom is -0.507 e. The molecule has 6 aromatic rings. The Hall–Kier alpha value is -4.32. The molecule has 5 heteroatoms. The van der Waals surface area contributed by atoms with Crippen molar-refractivity contribution >= 4 is 54.5 Å². The van der Waals surface area contributed by atoms with Crippen LogP contribution in [-0.4, -0.2) is 53.7 Å². The number of unbranched alkanes of at least 4 members (excludes halogenated alkanes) is 4. The Bertz CT molecular complexity index is 2110. The van der Waals surface area contributed by atoms with Gasteiger partial charge >= 0.3 is 0 Å². The van der Waals surface area contributed by atoms with Crippen LogP contribution in [-0.2, 0) is 0 Å². The number of aromatic hydroxyl groups is 1. The van der Waals surface area contributed by atoms with E-state index in [9.17, 15) is 15.3 Å². The molecule has 7 rings (SSSR count). The van der Waals surface area contributed by atoms with Crippen LogP contribution in [0.5, 0.6) is 5.75 Å². The van der Waals surface area contributed by atoms with Crippen molar-refractivity contribution in [1.29, 1.82) is 0 Å². The number of phenols is 1. The monoisotopic (exact) mass is 710 g/mol. The molecule has 0 bridgehead atoms. The molecule has 1 aliphatic rings. The summed E-state index contributed by atoms with van der Waals surface area (Å²) in [6.45, 7) is 12.8. The molecular formula is C48H58N2O3. The first-order chi connectivity index (χ1) is 26.0. The van der Waals surface area contributed by atoms with Crippen LogP contribution in [0, 0.1) is 0 Å². The fraction of sp³-hybridized carbons (Fsp3) is 0.417. The van der Waals surface area contributed by atoms with Crippen molar-refractivity contribution in [3.8, 4) is 5.75 Å². The average Bonchev–Trinajstić information content (AvgIpc) is 3.18.